The van der Waals surface area contributed by atoms with Crippen LogP contribution in [0.4, 0.5) is 4.79 Å². The van der Waals surface area contributed by atoms with Gasteiger partial charge in [0, 0.05) is 24.9 Å². The Morgan fingerprint density at radius 1 is 1.09 bits per heavy atom. The number of hydrogen-bond acceptors (Lipinski definition) is 4. The number of aliphatic carboxylic acids is 1. The smallest absolute Gasteiger partial charge is 0.407 e. The molecule has 176 valence electrons. The van der Waals surface area contributed by atoms with Crippen molar-refractivity contribution < 1.29 is 24.2 Å². The topological polar surface area (TPSA) is 95.9 Å². The van der Waals surface area contributed by atoms with Crippen molar-refractivity contribution in [3.05, 3.63) is 59.7 Å². The fraction of sp³-hybridized carbons (Fsp3) is 0.370. The van der Waals surface area contributed by atoms with Gasteiger partial charge in [0.05, 0.1) is 6.42 Å². The zero-order valence-corrected chi connectivity index (χ0v) is 18.9. The van der Waals surface area contributed by atoms with Crippen LogP contribution < -0.4 is 5.32 Å². The molecule has 1 unspecified atom stereocenters. The van der Waals surface area contributed by atoms with Gasteiger partial charge >= 0.3 is 12.1 Å². The van der Waals surface area contributed by atoms with Crippen LogP contribution in [0.3, 0.4) is 0 Å². The lowest BCUT2D eigenvalue weighted by Gasteiger charge is -2.37. The predicted molar refractivity (Wildman–Crippen MR) is 127 cm³/mol. The molecule has 1 aliphatic heterocycles. The van der Waals surface area contributed by atoms with Gasteiger partial charge in [-0.15, -0.1) is 12.3 Å². The summed E-state index contributed by atoms with van der Waals surface area (Å²) >= 11 is 0. The van der Waals surface area contributed by atoms with E-state index < -0.39 is 24.1 Å². The molecule has 1 saturated heterocycles. The predicted octanol–water partition coefficient (Wildman–Crippen LogP) is 3.77. The minimum atomic E-state index is -0.963. The first kappa shape index (κ1) is 23.4. The number of rotatable bonds is 7. The second-order valence-corrected chi connectivity index (χ2v) is 8.71. The molecule has 0 saturated carbocycles. The summed E-state index contributed by atoms with van der Waals surface area (Å²) in [5, 5.41) is 11.8. The van der Waals surface area contributed by atoms with Crippen LogP contribution in [0.2, 0.25) is 0 Å². The summed E-state index contributed by atoms with van der Waals surface area (Å²) in [6, 6.07) is 14.7. The van der Waals surface area contributed by atoms with E-state index in [9.17, 15) is 19.5 Å². The van der Waals surface area contributed by atoms with Crippen molar-refractivity contribution in [2.45, 2.75) is 50.1 Å². The second-order valence-electron chi connectivity index (χ2n) is 8.71. The molecule has 0 radical (unpaired) electrons. The molecule has 7 nitrogen and oxygen atoms in total. The van der Waals surface area contributed by atoms with Crippen LogP contribution in [-0.4, -0.2) is 53.2 Å². The molecule has 1 fully saturated rings. The highest BCUT2D eigenvalue weighted by Crippen LogP contribution is 2.44. The van der Waals surface area contributed by atoms with Crippen molar-refractivity contribution in [1.29, 1.82) is 0 Å². The highest BCUT2D eigenvalue weighted by atomic mass is 16.5. The van der Waals surface area contributed by atoms with E-state index in [1.54, 1.807) is 4.90 Å². The van der Waals surface area contributed by atoms with Gasteiger partial charge in [0.1, 0.15) is 12.6 Å². The highest BCUT2D eigenvalue weighted by Gasteiger charge is 2.34. The van der Waals surface area contributed by atoms with E-state index >= 15 is 0 Å². The Labute approximate surface area is 199 Å². The van der Waals surface area contributed by atoms with Gasteiger partial charge < -0.3 is 20.1 Å². The third kappa shape index (κ3) is 4.91. The minimum absolute atomic E-state index is 0.000674. The van der Waals surface area contributed by atoms with Crippen LogP contribution in [0.5, 0.6) is 0 Å². The summed E-state index contributed by atoms with van der Waals surface area (Å²) < 4.78 is 5.56. The van der Waals surface area contributed by atoms with E-state index in [0.717, 1.165) is 35.1 Å². The van der Waals surface area contributed by atoms with Gasteiger partial charge in [-0.25, -0.2) is 4.79 Å². The molecule has 0 bridgehead atoms. The number of ether oxygens (including phenoxy) is 1. The first-order valence-corrected chi connectivity index (χ1v) is 11.6. The lowest BCUT2D eigenvalue weighted by Crippen LogP contribution is -2.53. The van der Waals surface area contributed by atoms with Crippen LogP contribution in [0.1, 0.15) is 49.1 Å². The van der Waals surface area contributed by atoms with Crippen molar-refractivity contribution in [3.63, 3.8) is 0 Å². The van der Waals surface area contributed by atoms with E-state index in [1.807, 2.05) is 36.4 Å². The Bertz CT molecular complexity index is 1080. The maximum absolute atomic E-state index is 13.2. The summed E-state index contributed by atoms with van der Waals surface area (Å²) in [4.78, 5) is 38.6. The van der Waals surface area contributed by atoms with Crippen molar-refractivity contribution in [2.24, 2.45) is 0 Å². The number of nitrogens with one attached hydrogen (secondary N) is 1. The number of hydrogen-bond donors (Lipinski definition) is 2. The van der Waals surface area contributed by atoms with Crippen molar-refractivity contribution in [1.82, 2.24) is 10.2 Å². The molecule has 2 N–H and O–H groups in total. The lowest BCUT2D eigenvalue weighted by molar-refractivity contribution is -0.142. The molecule has 2 atom stereocenters. The number of nitrogens with zero attached hydrogens (tertiary/aromatic N) is 1. The van der Waals surface area contributed by atoms with E-state index in [1.165, 1.54) is 0 Å². The van der Waals surface area contributed by atoms with Gasteiger partial charge in [-0.2, -0.15) is 0 Å². The van der Waals surface area contributed by atoms with Crippen molar-refractivity contribution in [3.8, 4) is 23.5 Å². The molecule has 0 spiro atoms. The number of benzene rings is 2. The number of terminal acetylenes is 1. The van der Waals surface area contributed by atoms with Crippen LogP contribution in [-0.2, 0) is 14.3 Å². The minimum Gasteiger partial charge on any atom is -0.481 e. The molecule has 1 aliphatic carbocycles. The Morgan fingerprint density at radius 3 is 2.35 bits per heavy atom. The lowest BCUT2D eigenvalue weighted by atomic mass is 9.98. The molecule has 2 aromatic carbocycles. The van der Waals surface area contributed by atoms with E-state index in [0.29, 0.717) is 13.0 Å². The highest BCUT2D eigenvalue weighted by molar-refractivity contribution is 5.87. The summed E-state index contributed by atoms with van der Waals surface area (Å²) in [5.74, 6) is 1.02. The number of carbonyl (C=O) groups excluding carboxylic acids is 2. The fourth-order valence-corrected chi connectivity index (χ4v) is 5.00. The van der Waals surface area contributed by atoms with E-state index in [-0.39, 0.29) is 31.3 Å². The number of piperidine rings is 1. The molecule has 2 aromatic rings. The molecule has 7 heteroatoms. The zero-order valence-electron chi connectivity index (χ0n) is 18.9. The SMILES string of the molecule is C#CCC(NC(=O)OCC1c2ccccc2-c2ccccc21)C(=O)N1CCCC[C@H]1CC(=O)O. The molecular weight excluding hydrogens is 432 g/mol. The first-order valence-electron chi connectivity index (χ1n) is 11.6. The summed E-state index contributed by atoms with van der Waals surface area (Å²) in [6.45, 7) is 0.576. The van der Waals surface area contributed by atoms with Crippen LogP contribution >= 0.6 is 0 Å². The quantitative estimate of drug-likeness (QED) is 0.613. The second kappa shape index (κ2) is 10.4. The monoisotopic (exact) mass is 460 g/mol. The standard InChI is InChI=1S/C27H28N2O5/c1-2-9-24(26(32)29-15-8-7-10-18(29)16-25(30)31)28-27(33)34-17-23-21-13-5-3-11-19(21)20-12-4-6-14-22(20)23/h1,3-6,11-14,18,23-24H,7-10,15-17H2,(H,28,33)(H,30,31)/t18-,24?/m0/s1. The van der Waals surface area contributed by atoms with Crippen LogP contribution in [0, 0.1) is 12.3 Å². The third-order valence-electron chi connectivity index (χ3n) is 6.58. The average Bonchev–Trinajstić information content (AvgIpc) is 3.16. The number of amides is 2. The fourth-order valence-electron chi connectivity index (χ4n) is 5.00. The molecule has 4 rings (SSSR count). The molecule has 1 heterocycles. The van der Waals surface area contributed by atoms with Crippen LogP contribution in [0.15, 0.2) is 48.5 Å². The molecule has 2 aliphatic rings. The van der Waals surface area contributed by atoms with Gasteiger partial charge in [-0.1, -0.05) is 48.5 Å². The van der Waals surface area contributed by atoms with Crippen LogP contribution in [0.25, 0.3) is 11.1 Å². The third-order valence-corrected chi connectivity index (χ3v) is 6.58. The van der Waals surface area contributed by atoms with Crippen molar-refractivity contribution in [2.75, 3.05) is 13.2 Å². The number of likely N-dealkylation sites (tertiary alicyclic amines) is 1. The number of carboxylic acid groups (broad SMARTS) is 1. The largest absolute Gasteiger partial charge is 0.481 e. The molecule has 0 aromatic heterocycles. The normalized spacial score (nSPS) is 17.7. The van der Waals surface area contributed by atoms with Gasteiger partial charge in [0.2, 0.25) is 5.91 Å². The maximum atomic E-state index is 13.2. The first-order chi connectivity index (χ1) is 16.5. The number of carboxylic acids is 1. The van der Waals surface area contributed by atoms with E-state index in [4.69, 9.17) is 11.2 Å². The average molecular weight is 461 g/mol. The number of carbonyl (C=O) groups is 3. The Balaban J connectivity index is 1.42. The number of alkyl carbamates (subject to hydrolysis) is 1. The summed E-state index contributed by atoms with van der Waals surface area (Å²) in [6.07, 6.45) is 6.88. The summed E-state index contributed by atoms with van der Waals surface area (Å²) in [7, 11) is 0. The summed E-state index contributed by atoms with van der Waals surface area (Å²) in [5.41, 5.74) is 4.44. The van der Waals surface area contributed by atoms with Gasteiger partial charge in [-0.05, 0) is 41.5 Å². The van der Waals surface area contributed by atoms with E-state index in [2.05, 4.69) is 23.4 Å². The van der Waals surface area contributed by atoms with Gasteiger partial charge in [0.15, 0.2) is 0 Å². The van der Waals surface area contributed by atoms with Gasteiger partial charge in [-0.3, -0.25) is 9.59 Å². The molecular formula is C27H28N2O5. The zero-order chi connectivity index (χ0) is 24.1. The Morgan fingerprint density at radius 2 is 1.74 bits per heavy atom. The number of fused-ring (bicyclic) bond motifs is 3. The maximum Gasteiger partial charge on any atom is 0.407 e. The molecule has 2 amide bonds. The Hall–Kier alpha value is -3.79. The van der Waals surface area contributed by atoms with Gasteiger partial charge in [0.25, 0.3) is 0 Å². The van der Waals surface area contributed by atoms with Crippen molar-refractivity contribution >= 4 is 18.0 Å². The molecule has 34 heavy (non-hydrogen) atoms. The Kier molecular flexibility index (Phi) is 7.17.